The van der Waals surface area contributed by atoms with Crippen molar-refractivity contribution in [2.75, 3.05) is 39.5 Å². The summed E-state index contributed by atoms with van der Waals surface area (Å²) in [6.45, 7) is 9.14. The maximum Gasteiger partial charge on any atom is 0.223 e. The topological polar surface area (TPSA) is 84.0 Å². The van der Waals surface area contributed by atoms with Gasteiger partial charge in [-0.1, -0.05) is 24.3 Å². The molecule has 1 saturated carbocycles. The molecule has 2 rings (SSSR count). The minimum atomic E-state index is 0.170. The molecule has 0 bridgehead atoms. The molecule has 0 unspecified atom stereocenters. The summed E-state index contributed by atoms with van der Waals surface area (Å²) in [6, 6.07) is 8.26. The summed E-state index contributed by atoms with van der Waals surface area (Å²) in [7, 11) is 0. The first kappa shape index (κ1) is 22.2. The van der Waals surface area contributed by atoms with Crippen LogP contribution in [0.15, 0.2) is 29.3 Å². The van der Waals surface area contributed by atoms with E-state index in [-0.39, 0.29) is 11.8 Å². The van der Waals surface area contributed by atoms with Crippen molar-refractivity contribution in [3.63, 3.8) is 0 Å². The van der Waals surface area contributed by atoms with Crippen LogP contribution in [-0.2, 0) is 27.4 Å². The Bertz CT molecular complexity index is 617. The minimum absolute atomic E-state index is 0.170. The van der Waals surface area contributed by atoms with Gasteiger partial charge in [0.25, 0.3) is 0 Å². The van der Waals surface area contributed by atoms with Gasteiger partial charge in [0.2, 0.25) is 5.91 Å². The van der Waals surface area contributed by atoms with Gasteiger partial charge in [0, 0.05) is 32.2 Å². The van der Waals surface area contributed by atoms with Crippen LogP contribution < -0.4 is 16.0 Å². The smallest absolute Gasteiger partial charge is 0.223 e. The highest BCUT2D eigenvalue weighted by Crippen LogP contribution is 2.28. The van der Waals surface area contributed by atoms with Crippen molar-refractivity contribution < 1.29 is 14.3 Å². The lowest BCUT2D eigenvalue weighted by molar-refractivity contribution is -0.122. The van der Waals surface area contributed by atoms with E-state index >= 15 is 0 Å². The summed E-state index contributed by atoms with van der Waals surface area (Å²) in [5.41, 5.74) is 2.26. The highest BCUT2D eigenvalue weighted by Gasteiger charge is 2.28. The standard InChI is InChI=1S/C21H34N4O3/c1-3-22-21(24-11-10-23-20(26)19-8-9-19)25-15-17-6-5-7-18(14-17)16-28-13-12-27-4-2/h5-7,14,19H,3-4,8-13,15-16H2,1-2H3,(H,23,26)(H2,22,24,25). The number of carbonyl (C=O) groups excluding carboxylic acids is 1. The lowest BCUT2D eigenvalue weighted by Crippen LogP contribution is -2.41. The van der Waals surface area contributed by atoms with E-state index < -0.39 is 0 Å². The molecule has 1 aliphatic carbocycles. The lowest BCUT2D eigenvalue weighted by atomic mass is 10.1. The fraction of sp³-hybridized carbons (Fsp3) is 0.619. The molecule has 1 aromatic carbocycles. The molecule has 28 heavy (non-hydrogen) atoms. The molecule has 0 aliphatic heterocycles. The van der Waals surface area contributed by atoms with E-state index in [0.717, 1.165) is 36.5 Å². The van der Waals surface area contributed by atoms with Crippen LogP contribution in [0.3, 0.4) is 0 Å². The van der Waals surface area contributed by atoms with E-state index in [2.05, 4.69) is 39.1 Å². The molecule has 3 N–H and O–H groups in total. The number of ether oxygens (including phenoxy) is 2. The average Bonchev–Trinajstić information content (AvgIpc) is 3.55. The molecule has 156 valence electrons. The lowest BCUT2D eigenvalue weighted by Gasteiger charge is -2.12. The van der Waals surface area contributed by atoms with Gasteiger partial charge in [0.1, 0.15) is 0 Å². The molecule has 0 atom stereocenters. The number of nitrogens with one attached hydrogen (secondary N) is 3. The maximum absolute atomic E-state index is 11.6. The Kier molecular flexibility index (Phi) is 10.4. The molecular weight excluding hydrogens is 356 g/mol. The van der Waals surface area contributed by atoms with Crippen LogP contribution in [0.4, 0.5) is 0 Å². The van der Waals surface area contributed by atoms with E-state index in [1.807, 2.05) is 19.9 Å². The molecule has 1 aliphatic rings. The fourth-order valence-corrected chi connectivity index (χ4v) is 2.64. The van der Waals surface area contributed by atoms with Crippen molar-refractivity contribution in [3.05, 3.63) is 35.4 Å². The van der Waals surface area contributed by atoms with Crippen LogP contribution in [0.1, 0.15) is 37.8 Å². The molecule has 7 nitrogen and oxygen atoms in total. The summed E-state index contributed by atoms with van der Waals surface area (Å²) in [5.74, 6) is 1.17. The molecule has 1 aromatic rings. The van der Waals surface area contributed by atoms with Crippen molar-refractivity contribution in [1.82, 2.24) is 16.0 Å². The van der Waals surface area contributed by atoms with Crippen molar-refractivity contribution in [1.29, 1.82) is 0 Å². The van der Waals surface area contributed by atoms with Crippen molar-refractivity contribution in [2.24, 2.45) is 10.9 Å². The van der Waals surface area contributed by atoms with Crippen molar-refractivity contribution >= 4 is 11.9 Å². The van der Waals surface area contributed by atoms with Crippen LogP contribution in [0.2, 0.25) is 0 Å². The molecular formula is C21H34N4O3. The van der Waals surface area contributed by atoms with Gasteiger partial charge in [-0.25, -0.2) is 4.99 Å². The van der Waals surface area contributed by atoms with Gasteiger partial charge < -0.3 is 25.4 Å². The van der Waals surface area contributed by atoms with Crippen LogP contribution in [0, 0.1) is 5.92 Å². The Balaban J connectivity index is 1.73. The number of benzene rings is 1. The molecule has 7 heteroatoms. The highest BCUT2D eigenvalue weighted by molar-refractivity contribution is 5.81. The van der Waals surface area contributed by atoms with Gasteiger partial charge in [-0.3, -0.25) is 4.79 Å². The third-order valence-electron chi connectivity index (χ3n) is 4.27. The summed E-state index contributed by atoms with van der Waals surface area (Å²) >= 11 is 0. The van der Waals surface area contributed by atoms with E-state index in [4.69, 9.17) is 9.47 Å². The Morgan fingerprint density at radius 2 is 1.82 bits per heavy atom. The molecule has 0 radical (unpaired) electrons. The first-order valence-electron chi connectivity index (χ1n) is 10.3. The van der Waals surface area contributed by atoms with Gasteiger partial charge in [0.05, 0.1) is 26.4 Å². The molecule has 0 spiro atoms. The first-order chi connectivity index (χ1) is 13.7. The van der Waals surface area contributed by atoms with Crippen molar-refractivity contribution in [2.45, 2.75) is 39.8 Å². The average molecular weight is 391 g/mol. The van der Waals surface area contributed by atoms with E-state index in [1.54, 1.807) is 0 Å². The second-order valence-electron chi connectivity index (χ2n) is 6.76. The second kappa shape index (κ2) is 13.1. The van der Waals surface area contributed by atoms with Gasteiger partial charge in [0.15, 0.2) is 5.96 Å². The Hall–Kier alpha value is -2.12. The summed E-state index contributed by atoms with van der Waals surface area (Å²) < 4.78 is 10.9. The zero-order chi connectivity index (χ0) is 20.0. The van der Waals surface area contributed by atoms with Crippen LogP contribution in [-0.4, -0.2) is 51.3 Å². The van der Waals surface area contributed by atoms with Crippen LogP contribution >= 0.6 is 0 Å². The Morgan fingerprint density at radius 3 is 2.57 bits per heavy atom. The fourth-order valence-electron chi connectivity index (χ4n) is 2.64. The Morgan fingerprint density at radius 1 is 1.07 bits per heavy atom. The first-order valence-corrected chi connectivity index (χ1v) is 10.3. The van der Waals surface area contributed by atoms with E-state index in [9.17, 15) is 4.79 Å². The summed E-state index contributed by atoms with van der Waals surface area (Å²) in [6.07, 6.45) is 2.06. The van der Waals surface area contributed by atoms with Crippen LogP contribution in [0.25, 0.3) is 0 Å². The number of guanidine groups is 1. The van der Waals surface area contributed by atoms with Crippen LogP contribution in [0.5, 0.6) is 0 Å². The highest BCUT2D eigenvalue weighted by atomic mass is 16.5. The molecule has 0 aromatic heterocycles. The number of hydrogen-bond acceptors (Lipinski definition) is 4. The predicted octanol–water partition coefficient (Wildman–Crippen LogP) is 1.82. The monoisotopic (exact) mass is 390 g/mol. The SMILES string of the molecule is CCNC(=NCc1cccc(COCCOCC)c1)NCCNC(=O)C1CC1. The van der Waals surface area contributed by atoms with E-state index in [1.165, 1.54) is 0 Å². The zero-order valence-corrected chi connectivity index (χ0v) is 17.1. The minimum Gasteiger partial charge on any atom is -0.379 e. The summed E-state index contributed by atoms with van der Waals surface area (Å²) in [4.78, 5) is 16.3. The Labute approximate surface area is 168 Å². The third-order valence-corrected chi connectivity index (χ3v) is 4.27. The molecule has 1 fully saturated rings. The predicted molar refractivity (Wildman–Crippen MR) is 111 cm³/mol. The number of carbonyl (C=O) groups is 1. The van der Waals surface area contributed by atoms with E-state index in [0.29, 0.717) is 46.1 Å². The zero-order valence-electron chi connectivity index (χ0n) is 17.1. The van der Waals surface area contributed by atoms with Gasteiger partial charge in [-0.15, -0.1) is 0 Å². The second-order valence-corrected chi connectivity index (χ2v) is 6.76. The van der Waals surface area contributed by atoms with Gasteiger partial charge in [-0.05, 0) is 37.8 Å². The number of hydrogen-bond donors (Lipinski definition) is 3. The summed E-state index contributed by atoms with van der Waals surface area (Å²) in [5, 5.41) is 9.44. The maximum atomic E-state index is 11.6. The molecule has 1 amide bonds. The number of rotatable bonds is 13. The third kappa shape index (κ3) is 9.19. The number of aliphatic imine (C=N–C) groups is 1. The molecule has 0 saturated heterocycles. The molecule has 0 heterocycles. The van der Waals surface area contributed by atoms with Crippen molar-refractivity contribution in [3.8, 4) is 0 Å². The quantitative estimate of drug-likeness (QED) is 0.272. The van der Waals surface area contributed by atoms with Gasteiger partial charge >= 0.3 is 0 Å². The van der Waals surface area contributed by atoms with Gasteiger partial charge in [-0.2, -0.15) is 0 Å². The largest absolute Gasteiger partial charge is 0.379 e. The normalized spacial score (nSPS) is 14.0. The number of nitrogens with zero attached hydrogens (tertiary/aromatic N) is 1. The number of amides is 1.